The maximum atomic E-state index is 3.58. The van der Waals surface area contributed by atoms with Gasteiger partial charge in [0.1, 0.15) is 0 Å². The first kappa shape index (κ1) is 14.6. The lowest BCUT2D eigenvalue weighted by molar-refractivity contribution is 0.862. The maximum Gasteiger partial charge on any atom is 0.0485 e. The van der Waals surface area contributed by atoms with Crippen molar-refractivity contribution in [3.8, 4) is 0 Å². The van der Waals surface area contributed by atoms with E-state index >= 15 is 0 Å². The molecule has 1 atom stereocenters. The number of benzene rings is 2. The minimum atomic E-state index is 0.318. The summed E-state index contributed by atoms with van der Waals surface area (Å²) in [5.41, 5.74) is 6.55. The van der Waals surface area contributed by atoms with Gasteiger partial charge < -0.3 is 5.32 Å². The van der Waals surface area contributed by atoms with Gasteiger partial charge in [-0.05, 0) is 49.9 Å². The third-order valence-electron chi connectivity index (χ3n) is 3.70. The average Bonchev–Trinajstić information content (AvgIpc) is 2.38. The van der Waals surface area contributed by atoms with E-state index in [2.05, 4.69) is 82.4 Å². The first-order valence-electron chi connectivity index (χ1n) is 7.40. The Hall–Kier alpha value is -1.76. The lowest BCUT2D eigenvalue weighted by Gasteiger charge is -2.17. The zero-order valence-corrected chi connectivity index (χ0v) is 13.2. The molecule has 1 N–H and O–H groups in total. The van der Waals surface area contributed by atoms with Crippen LogP contribution in [-0.4, -0.2) is 0 Å². The predicted octanol–water partition coefficient (Wildman–Crippen LogP) is 5.60. The molecule has 0 saturated carbocycles. The van der Waals surface area contributed by atoms with Crippen LogP contribution >= 0.6 is 0 Å². The highest BCUT2D eigenvalue weighted by Gasteiger charge is 2.07. The van der Waals surface area contributed by atoms with E-state index in [9.17, 15) is 0 Å². The molecule has 106 valence electrons. The third kappa shape index (κ3) is 3.63. The molecule has 1 nitrogen and oxygen atoms in total. The summed E-state index contributed by atoms with van der Waals surface area (Å²) in [4.78, 5) is 0. The SMILES string of the molecule is Cc1cc(C)cc(C(C)Nc2ccc(C(C)C)cc2)c1. The van der Waals surface area contributed by atoms with Gasteiger partial charge in [-0.3, -0.25) is 0 Å². The van der Waals surface area contributed by atoms with Gasteiger partial charge in [0.05, 0.1) is 0 Å². The summed E-state index contributed by atoms with van der Waals surface area (Å²) in [5.74, 6) is 0.584. The Kier molecular flexibility index (Phi) is 4.49. The molecule has 2 aromatic carbocycles. The fraction of sp³-hybridized carbons (Fsp3) is 0.368. The number of anilines is 1. The number of aryl methyl sites for hydroxylation is 2. The van der Waals surface area contributed by atoms with Crippen molar-refractivity contribution in [3.05, 3.63) is 64.7 Å². The Labute approximate surface area is 123 Å². The van der Waals surface area contributed by atoms with Crippen molar-refractivity contribution < 1.29 is 0 Å². The Morgan fingerprint density at radius 3 is 1.80 bits per heavy atom. The van der Waals surface area contributed by atoms with Crippen LogP contribution in [0.5, 0.6) is 0 Å². The van der Waals surface area contributed by atoms with E-state index in [1.807, 2.05) is 0 Å². The summed E-state index contributed by atoms with van der Waals surface area (Å²) < 4.78 is 0. The fourth-order valence-corrected chi connectivity index (χ4v) is 2.56. The molecule has 0 aliphatic heterocycles. The fourth-order valence-electron chi connectivity index (χ4n) is 2.56. The highest BCUT2D eigenvalue weighted by Crippen LogP contribution is 2.23. The molecule has 2 aromatic rings. The summed E-state index contributed by atoms with van der Waals surface area (Å²) in [5, 5.41) is 3.58. The number of hydrogen-bond donors (Lipinski definition) is 1. The molecule has 1 heteroatoms. The van der Waals surface area contributed by atoms with E-state index in [0.29, 0.717) is 12.0 Å². The molecule has 0 spiro atoms. The van der Waals surface area contributed by atoms with Crippen molar-refractivity contribution in [2.45, 2.75) is 46.6 Å². The maximum absolute atomic E-state index is 3.58. The van der Waals surface area contributed by atoms with Gasteiger partial charge in [-0.1, -0.05) is 55.3 Å². The van der Waals surface area contributed by atoms with Crippen LogP contribution in [0, 0.1) is 13.8 Å². The summed E-state index contributed by atoms with van der Waals surface area (Å²) in [7, 11) is 0. The van der Waals surface area contributed by atoms with E-state index < -0.39 is 0 Å². The third-order valence-corrected chi connectivity index (χ3v) is 3.70. The lowest BCUT2D eigenvalue weighted by atomic mass is 10.0. The van der Waals surface area contributed by atoms with Crippen molar-refractivity contribution in [2.75, 3.05) is 5.32 Å². The zero-order valence-electron chi connectivity index (χ0n) is 13.2. The topological polar surface area (TPSA) is 12.0 Å². The van der Waals surface area contributed by atoms with Crippen molar-refractivity contribution in [3.63, 3.8) is 0 Å². The van der Waals surface area contributed by atoms with Crippen LogP contribution in [0.2, 0.25) is 0 Å². The molecular weight excluding hydrogens is 242 g/mol. The van der Waals surface area contributed by atoms with Crippen LogP contribution in [0.25, 0.3) is 0 Å². The molecule has 0 aromatic heterocycles. The second kappa shape index (κ2) is 6.13. The molecule has 20 heavy (non-hydrogen) atoms. The molecule has 0 amide bonds. The molecule has 0 fully saturated rings. The van der Waals surface area contributed by atoms with Crippen LogP contribution < -0.4 is 5.32 Å². The first-order valence-corrected chi connectivity index (χ1v) is 7.40. The minimum absolute atomic E-state index is 0.318. The summed E-state index contributed by atoms with van der Waals surface area (Å²) >= 11 is 0. The molecule has 0 heterocycles. The van der Waals surface area contributed by atoms with E-state index in [1.54, 1.807) is 0 Å². The number of nitrogens with one attached hydrogen (secondary N) is 1. The van der Waals surface area contributed by atoms with E-state index in [0.717, 1.165) is 0 Å². The van der Waals surface area contributed by atoms with Gasteiger partial charge in [0.2, 0.25) is 0 Å². The van der Waals surface area contributed by atoms with Crippen molar-refractivity contribution in [1.29, 1.82) is 0 Å². The van der Waals surface area contributed by atoms with Crippen LogP contribution in [0.4, 0.5) is 5.69 Å². The van der Waals surface area contributed by atoms with Gasteiger partial charge in [0.25, 0.3) is 0 Å². The van der Waals surface area contributed by atoms with Gasteiger partial charge in [0.15, 0.2) is 0 Å². The van der Waals surface area contributed by atoms with Gasteiger partial charge in [-0.2, -0.15) is 0 Å². The summed E-state index contributed by atoms with van der Waals surface area (Å²) in [6.07, 6.45) is 0. The molecule has 0 aliphatic carbocycles. The summed E-state index contributed by atoms with van der Waals surface area (Å²) in [6, 6.07) is 15.8. The number of hydrogen-bond acceptors (Lipinski definition) is 1. The van der Waals surface area contributed by atoms with Crippen molar-refractivity contribution >= 4 is 5.69 Å². The second-order valence-corrected chi connectivity index (χ2v) is 6.06. The second-order valence-electron chi connectivity index (χ2n) is 6.06. The van der Waals surface area contributed by atoms with E-state index in [4.69, 9.17) is 0 Å². The molecule has 0 saturated heterocycles. The van der Waals surface area contributed by atoms with E-state index in [-0.39, 0.29) is 0 Å². The molecule has 0 bridgehead atoms. The van der Waals surface area contributed by atoms with Crippen LogP contribution in [0.3, 0.4) is 0 Å². The van der Waals surface area contributed by atoms with Gasteiger partial charge >= 0.3 is 0 Å². The standard InChI is InChI=1S/C19H25N/c1-13(2)17-6-8-19(9-7-17)20-16(5)18-11-14(3)10-15(4)12-18/h6-13,16,20H,1-5H3. The average molecular weight is 267 g/mol. The monoisotopic (exact) mass is 267 g/mol. The van der Waals surface area contributed by atoms with Gasteiger partial charge in [-0.25, -0.2) is 0 Å². The predicted molar refractivity (Wildman–Crippen MR) is 88.5 cm³/mol. The largest absolute Gasteiger partial charge is 0.379 e. The summed E-state index contributed by atoms with van der Waals surface area (Å²) in [6.45, 7) is 11.0. The van der Waals surface area contributed by atoms with Crippen molar-refractivity contribution in [2.24, 2.45) is 0 Å². The Morgan fingerprint density at radius 2 is 1.30 bits per heavy atom. The first-order chi connectivity index (χ1) is 9.45. The highest BCUT2D eigenvalue weighted by molar-refractivity contribution is 5.47. The lowest BCUT2D eigenvalue weighted by Crippen LogP contribution is -2.07. The molecule has 0 aliphatic rings. The Balaban J connectivity index is 2.12. The highest BCUT2D eigenvalue weighted by atomic mass is 14.9. The van der Waals surface area contributed by atoms with Crippen molar-refractivity contribution in [1.82, 2.24) is 0 Å². The Morgan fingerprint density at radius 1 is 0.750 bits per heavy atom. The van der Waals surface area contributed by atoms with Gasteiger partial charge in [-0.15, -0.1) is 0 Å². The van der Waals surface area contributed by atoms with E-state index in [1.165, 1.54) is 27.9 Å². The normalized spacial score (nSPS) is 12.5. The molecule has 2 rings (SSSR count). The van der Waals surface area contributed by atoms with Gasteiger partial charge in [0, 0.05) is 11.7 Å². The van der Waals surface area contributed by atoms with Crippen LogP contribution in [0.1, 0.15) is 55.0 Å². The quantitative estimate of drug-likeness (QED) is 0.760. The molecular formula is C19H25N. The number of rotatable bonds is 4. The smallest absolute Gasteiger partial charge is 0.0485 e. The van der Waals surface area contributed by atoms with Crippen LogP contribution in [0.15, 0.2) is 42.5 Å². The minimum Gasteiger partial charge on any atom is -0.379 e. The Bertz CT molecular complexity index is 547. The zero-order chi connectivity index (χ0) is 14.7. The molecule has 0 radical (unpaired) electrons. The molecule has 1 unspecified atom stereocenters. The van der Waals surface area contributed by atoms with Crippen LogP contribution in [-0.2, 0) is 0 Å².